The molecule has 0 bridgehead atoms. The van der Waals surface area contributed by atoms with Gasteiger partial charge >= 0.3 is 0 Å². The van der Waals surface area contributed by atoms with Crippen LogP contribution in [0, 0.1) is 6.92 Å². The molecule has 4 heteroatoms. The van der Waals surface area contributed by atoms with Crippen molar-refractivity contribution in [2.75, 3.05) is 5.43 Å². The normalized spacial score (nSPS) is 10.8. The molecule has 1 heterocycles. The van der Waals surface area contributed by atoms with Crippen LogP contribution in [-0.4, -0.2) is 4.98 Å². The standard InChI is InChI=1S/C13H16BrN3/c1-3-4-10-7-9-5-6-11(14)8(2)12(9)16-13(10)17-15/h5-7H,3-4,15H2,1-2H3,(H,16,17). The Kier molecular flexibility index (Phi) is 3.64. The van der Waals surface area contributed by atoms with Crippen LogP contribution in [0.1, 0.15) is 24.5 Å². The van der Waals surface area contributed by atoms with Crippen molar-refractivity contribution >= 4 is 32.7 Å². The van der Waals surface area contributed by atoms with E-state index in [9.17, 15) is 0 Å². The van der Waals surface area contributed by atoms with E-state index in [1.807, 2.05) is 0 Å². The third kappa shape index (κ3) is 2.28. The number of aromatic nitrogens is 1. The molecule has 90 valence electrons. The van der Waals surface area contributed by atoms with Gasteiger partial charge in [-0.2, -0.15) is 0 Å². The van der Waals surface area contributed by atoms with Gasteiger partial charge in [-0.15, -0.1) is 0 Å². The first-order valence-electron chi connectivity index (χ1n) is 5.72. The van der Waals surface area contributed by atoms with Crippen LogP contribution in [0.15, 0.2) is 22.7 Å². The topological polar surface area (TPSA) is 50.9 Å². The summed E-state index contributed by atoms with van der Waals surface area (Å²) in [5.41, 5.74) is 6.00. The van der Waals surface area contributed by atoms with Crippen LogP contribution in [-0.2, 0) is 6.42 Å². The molecular formula is C13H16BrN3. The summed E-state index contributed by atoms with van der Waals surface area (Å²) in [5, 5.41) is 1.16. The molecule has 0 aliphatic rings. The Labute approximate surface area is 110 Å². The molecule has 0 unspecified atom stereocenters. The van der Waals surface area contributed by atoms with Crippen molar-refractivity contribution in [2.45, 2.75) is 26.7 Å². The number of hydrogen-bond donors (Lipinski definition) is 2. The Hall–Kier alpha value is -1.13. The first-order valence-corrected chi connectivity index (χ1v) is 6.52. The van der Waals surface area contributed by atoms with Crippen LogP contribution in [0.3, 0.4) is 0 Å². The largest absolute Gasteiger partial charge is 0.308 e. The molecule has 0 saturated heterocycles. The number of nitrogens with zero attached hydrogens (tertiary/aromatic N) is 1. The summed E-state index contributed by atoms with van der Waals surface area (Å²) in [4.78, 5) is 4.61. The molecule has 2 aromatic rings. The number of nitrogens with one attached hydrogen (secondary N) is 1. The molecule has 0 radical (unpaired) electrons. The summed E-state index contributed by atoms with van der Waals surface area (Å²) in [5.74, 6) is 6.31. The molecule has 2 rings (SSSR count). The van der Waals surface area contributed by atoms with Gasteiger partial charge in [-0.05, 0) is 36.6 Å². The Balaban J connectivity index is 2.69. The fraction of sp³-hybridized carbons (Fsp3) is 0.308. The number of benzene rings is 1. The number of nitrogens with two attached hydrogens (primary N) is 1. The summed E-state index contributed by atoms with van der Waals surface area (Å²) in [6, 6.07) is 6.31. The monoisotopic (exact) mass is 293 g/mol. The highest BCUT2D eigenvalue weighted by molar-refractivity contribution is 9.10. The quantitative estimate of drug-likeness (QED) is 0.672. The second kappa shape index (κ2) is 5.02. The third-order valence-corrected chi connectivity index (χ3v) is 3.77. The lowest BCUT2D eigenvalue weighted by Crippen LogP contribution is -2.11. The highest BCUT2D eigenvalue weighted by Gasteiger charge is 2.08. The van der Waals surface area contributed by atoms with Gasteiger partial charge in [-0.3, -0.25) is 0 Å². The van der Waals surface area contributed by atoms with Gasteiger partial charge in [0.05, 0.1) is 5.52 Å². The number of nitrogen functional groups attached to an aromatic ring is 1. The molecule has 0 amide bonds. The highest BCUT2D eigenvalue weighted by atomic mass is 79.9. The average Bonchev–Trinajstić information content (AvgIpc) is 2.34. The summed E-state index contributed by atoms with van der Waals surface area (Å²) in [6.07, 6.45) is 2.06. The number of aryl methyl sites for hydroxylation is 2. The summed E-state index contributed by atoms with van der Waals surface area (Å²) in [7, 11) is 0. The number of halogens is 1. The summed E-state index contributed by atoms with van der Waals surface area (Å²) >= 11 is 3.52. The van der Waals surface area contributed by atoms with Crippen LogP contribution in [0.5, 0.6) is 0 Å². The minimum absolute atomic E-state index is 0.778. The minimum Gasteiger partial charge on any atom is -0.308 e. The van der Waals surface area contributed by atoms with Gasteiger partial charge in [0.15, 0.2) is 0 Å². The highest BCUT2D eigenvalue weighted by Crippen LogP contribution is 2.27. The number of hydrogen-bond acceptors (Lipinski definition) is 3. The van der Waals surface area contributed by atoms with Crippen LogP contribution < -0.4 is 11.3 Å². The molecule has 0 atom stereocenters. The maximum Gasteiger partial charge on any atom is 0.143 e. The number of pyridine rings is 1. The Morgan fingerprint density at radius 3 is 2.82 bits per heavy atom. The molecule has 1 aromatic heterocycles. The van der Waals surface area contributed by atoms with Gasteiger partial charge < -0.3 is 5.43 Å². The van der Waals surface area contributed by atoms with E-state index in [4.69, 9.17) is 5.84 Å². The number of fused-ring (bicyclic) bond motifs is 1. The van der Waals surface area contributed by atoms with Crippen LogP contribution >= 0.6 is 15.9 Å². The number of anilines is 1. The van der Waals surface area contributed by atoms with E-state index in [2.05, 4.69) is 58.4 Å². The molecule has 1 aromatic carbocycles. The zero-order chi connectivity index (χ0) is 12.4. The van der Waals surface area contributed by atoms with Crippen LogP contribution in [0.4, 0.5) is 5.82 Å². The lowest BCUT2D eigenvalue weighted by Gasteiger charge is -2.11. The van der Waals surface area contributed by atoms with Crippen molar-refractivity contribution in [3.8, 4) is 0 Å². The van der Waals surface area contributed by atoms with Gasteiger partial charge in [-0.1, -0.05) is 35.3 Å². The maximum atomic E-state index is 5.54. The minimum atomic E-state index is 0.778. The van der Waals surface area contributed by atoms with Crippen molar-refractivity contribution < 1.29 is 0 Å². The van der Waals surface area contributed by atoms with E-state index in [0.717, 1.165) is 39.6 Å². The molecule has 0 spiro atoms. The summed E-state index contributed by atoms with van der Waals surface area (Å²) < 4.78 is 1.07. The van der Waals surface area contributed by atoms with Gasteiger partial charge in [0.2, 0.25) is 0 Å². The molecule has 0 aliphatic carbocycles. The van der Waals surface area contributed by atoms with Gasteiger partial charge in [0.1, 0.15) is 5.82 Å². The lowest BCUT2D eigenvalue weighted by molar-refractivity contribution is 0.917. The Bertz CT molecular complexity index is 552. The maximum absolute atomic E-state index is 5.54. The first kappa shape index (κ1) is 12.3. The smallest absolute Gasteiger partial charge is 0.143 e. The molecule has 17 heavy (non-hydrogen) atoms. The fourth-order valence-electron chi connectivity index (χ4n) is 1.99. The Morgan fingerprint density at radius 2 is 2.18 bits per heavy atom. The zero-order valence-corrected chi connectivity index (χ0v) is 11.6. The molecule has 0 saturated carbocycles. The Morgan fingerprint density at radius 1 is 1.41 bits per heavy atom. The van der Waals surface area contributed by atoms with Gasteiger partial charge in [-0.25, -0.2) is 10.8 Å². The predicted molar refractivity (Wildman–Crippen MR) is 76.0 cm³/mol. The second-order valence-corrected chi connectivity index (χ2v) is 4.99. The van der Waals surface area contributed by atoms with E-state index in [0.29, 0.717) is 0 Å². The molecule has 0 aliphatic heterocycles. The zero-order valence-electron chi connectivity index (χ0n) is 10.0. The van der Waals surface area contributed by atoms with Crippen molar-refractivity contribution in [3.05, 3.63) is 33.8 Å². The molecular weight excluding hydrogens is 278 g/mol. The van der Waals surface area contributed by atoms with Crippen LogP contribution in [0.2, 0.25) is 0 Å². The fourth-order valence-corrected chi connectivity index (χ4v) is 2.31. The van der Waals surface area contributed by atoms with Crippen molar-refractivity contribution in [2.24, 2.45) is 5.84 Å². The van der Waals surface area contributed by atoms with Crippen molar-refractivity contribution in [1.82, 2.24) is 4.98 Å². The third-order valence-electron chi connectivity index (χ3n) is 2.91. The molecule has 3 N–H and O–H groups in total. The number of rotatable bonds is 3. The predicted octanol–water partition coefficient (Wildman–Crippen LogP) is 3.54. The van der Waals surface area contributed by atoms with Gasteiger partial charge in [0.25, 0.3) is 0 Å². The SMILES string of the molecule is CCCc1cc2ccc(Br)c(C)c2nc1NN. The van der Waals surface area contributed by atoms with E-state index < -0.39 is 0 Å². The summed E-state index contributed by atoms with van der Waals surface area (Å²) in [6.45, 7) is 4.20. The van der Waals surface area contributed by atoms with Crippen molar-refractivity contribution in [3.63, 3.8) is 0 Å². The lowest BCUT2D eigenvalue weighted by atomic mass is 10.1. The van der Waals surface area contributed by atoms with Crippen molar-refractivity contribution in [1.29, 1.82) is 0 Å². The first-order chi connectivity index (χ1) is 8.17. The van der Waals surface area contributed by atoms with E-state index in [1.54, 1.807) is 0 Å². The number of hydrazine groups is 1. The van der Waals surface area contributed by atoms with E-state index in [1.165, 1.54) is 5.56 Å². The van der Waals surface area contributed by atoms with Crippen LogP contribution in [0.25, 0.3) is 10.9 Å². The average molecular weight is 294 g/mol. The van der Waals surface area contributed by atoms with E-state index in [-0.39, 0.29) is 0 Å². The molecule has 3 nitrogen and oxygen atoms in total. The second-order valence-electron chi connectivity index (χ2n) is 4.13. The molecule has 0 fully saturated rings. The van der Waals surface area contributed by atoms with Gasteiger partial charge in [0, 0.05) is 9.86 Å². The van der Waals surface area contributed by atoms with E-state index >= 15 is 0 Å².